The van der Waals surface area contributed by atoms with Crippen molar-refractivity contribution < 1.29 is 28.6 Å². The molecular formula is C58H94O6. The fourth-order valence-corrected chi connectivity index (χ4v) is 6.59. The van der Waals surface area contributed by atoms with Gasteiger partial charge in [-0.2, -0.15) is 0 Å². The van der Waals surface area contributed by atoms with Crippen molar-refractivity contribution in [1.29, 1.82) is 0 Å². The summed E-state index contributed by atoms with van der Waals surface area (Å²) in [5.74, 6) is -1.03. The van der Waals surface area contributed by atoms with Gasteiger partial charge < -0.3 is 14.2 Å². The third kappa shape index (κ3) is 49.1. The third-order valence-electron chi connectivity index (χ3n) is 10.5. The van der Waals surface area contributed by atoms with Gasteiger partial charge in [-0.3, -0.25) is 14.4 Å². The molecule has 0 aromatic rings. The van der Waals surface area contributed by atoms with Gasteiger partial charge in [-0.05, 0) is 109 Å². The Bertz CT molecular complexity index is 1340. The lowest BCUT2D eigenvalue weighted by molar-refractivity contribution is -0.166. The first kappa shape index (κ1) is 60.1. The van der Waals surface area contributed by atoms with Crippen molar-refractivity contribution in [2.75, 3.05) is 13.2 Å². The molecule has 0 aliphatic heterocycles. The maximum Gasteiger partial charge on any atom is 0.306 e. The number of carbonyl (C=O) groups excluding carboxylic acids is 3. The van der Waals surface area contributed by atoms with E-state index in [4.69, 9.17) is 14.2 Å². The van der Waals surface area contributed by atoms with Crippen molar-refractivity contribution >= 4 is 17.9 Å². The zero-order valence-electron chi connectivity index (χ0n) is 41.3. The van der Waals surface area contributed by atoms with Gasteiger partial charge in [0.15, 0.2) is 6.10 Å². The lowest BCUT2D eigenvalue weighted by Crippen LogP contribution is -2.30. The average molecular weight is 887 g/mol. The normalized spacial score (nSPS) is 13.0. The lowest BCUT2D eigenvalue weighted by Gasteiger charge is -2.18. The van der Waals surface area contributed by atoms with Crippen molar-refractivity contribution in [1.82, 2.24) is 0 Å². The number of ether oxygens (including phenoxy) is 3. The van der Waals surface area contributed by atoms with Gasteiger partial charge in [0.05, 0.1) is 0 Å². The Morgan fingerprint density at radius 3 is 1.11 bits per heavy atom. The summed E-state index contributed by atoms with van der Waals surface area (Å²) in [5.41, 5.74) is 0. The van der Waals surface area contributed by atoms with E-state index < -0.39 is 6.10 Å². The van der Waals surface area contributed by atoms with Gasteiger partial charge in [0.25, 0.3) is 0 Å². The molecule has 362 valence electrons. The highest BCUT2D eigenvalue weighted by atomic mass is 16.6. The van der Waals surface area contributed by atoms with Crippen LogP contribution < -0.4 is 0 Å². The molecule has 0 aromatic carbocycles. The molecule has 0 saturated carbocycles. The molecule has 1 atom stereocenters. The van der Waals surface area contributed by atoms with Gasteiger partial charge in [0.2, 0.25) is 0 Å². The number of hydrogen-bond acceptors (Lipinski definition) is 6. The molecule has 0 spiro atoms. The first-order valence-electron chi connectivity index (χ1n) is 25.9. The lowest BCUT2D eigenvalue weighted by atomic mass is 10.1. The number of unbranched alkanes of at least 4 members (excludes halogenated alkanes) is 16. The number of allylic oxidation sites excluding steroid dienone is 18. The molecule has 64 heavy (non-hydrogen) atoms. The van der Waals surface area contributed by atoms with E-state index in [0.29, 0.717) is 19.3 Å². The average Bonchev–Trinajstić information content (AvgIpc) is 3.29. The quantitative estimate of drug-likeness (QED) is 0.0262. The summed E-state index contributed by atoms with van der Waals surface area (Å²) in [6.07, 6.45) is 69.4. The summed E-state index contributed by atoms with van der Waals surface area (Å²) < 4.78 is 16.7. The van der Waals surface area contributed by atoms with Crippen LogP contribution in [-0.2, 0) is 28.6 Å². The predicted molar refractivity (Wildman–Crippen MR) is 274 cm³/mol. The Labute approximate surface area is 393 Å². The van der Waals surface area contributed by atoms with E-state index in [0.717, 1.165) is 109 Å². The highest BCUT2D eigenvalue weighted by Gasteiger charge is 2.19. The van der Waals surface area contributed by atoms with Crippen LogP contribution in [0, 0.1) is 0 Å². The molecule has 6 nitrogen and oxygen atoms in total. The molecular weight excluding hydrogens is 793 g/mol. The van der Waals surface area contributed by atoms with Crippen molar-refractivity contribution in [3.63, 3.8) is 0 Å². The second-order valence-corrected chi connectivity index (χ2v) is 16.7. The van der Waals surface area contributed by atoms with E-state index in [1.54, 1.807) is 0 Å². The van der Waals surface area contributed by atoms with Crippen LogP contribution in [0.2, 0.25) is 0 Å². The maximum atomic E-state index is 12.8. The first-order chi connectivity index (χ1) is 31.5. The summed E-state index contributed by atoms with van der Waals surface area (Å²) in [6.45, 7) is 6.36. The van der Waals surface area contributed by atoms with E-state index >= 15 is 0 Å². The Kier molecular flexibility index (Phi) is 48.5. The first-order valence-corrected chi connectivity index (χ1v) is 25.9. The van der Waals surface area contributed by atoms with Gasteiger partial charge in [-0.25, -0.2) is 0 Å². The molecule has 0 N–H and O–H groups in total. The molecule has 0 heterocycles. The Morgan fingerprint density at radius 1 is 0.328 bits per heavy atom. The monoisotopic (exact) mass is 887 g/mol. The predicted octanol–water partition coefficient (Wildman–Crippen LogP) is 17.1. The summed E-state index contributed by atoms with van der Waals surface area (Å²) in [5, 5.41) is 0. The topological polar surface area (TPSA) is 78.9 Å². The Balaban J connectivity index is 4.50. The van der Waals surface area contributed by atoms with Gasteiger partial charge in [0, 0.05) is 19.3 Å². The van der Waals surface area contributed by atoms with Gasteiger partial charge >= 0.3 is 17.9 Å². The zero-order valence-corrected chi connectivity index (χ0v) is 41.3. The minimum atomic E-state index is -0.818. The Hall–Kier alpha value is -3.93. The van der Waals surface area contributed by atoms with E-state index in [2.05, 4.69) is 118 Å². The van der Waals surface area contributed by atoms with Crippen LogP contribution in [-0.4, -0.2) is 37.2 Å². The zero-order chi connectivity index (χ0) is 46.5. The fourth-order valence-electron chi connectivity index (χ4n) is 6.59. The maximum absolute atomic E-state index is 12.8. The number of carbonyl (C=O) groups is 3. The molecule has 6 heteroatoms. The van der Waals surface area contributed by atoms with Crippen LogP contribution in [0.4, 0.5) is 0 Å². The standard InChI is InChI=1S/C58H94O6/c1-4-7-10-13-16-19-22-24-26-28-29-31-32-34-36-39-42-45-48-51-57(60)63-54-55(53-62-56(59)50-47-44-41-38-21-18-15-12-9-6-3)64-58(61)52-49-46-43-40-37-35-33-30-27-25-23-20-17-14-11-8-5-2/h7,10,15-20,24-27,29,31,34,36,42,45,55H,4-6,8-9,11-14,21-23,28,30,32-33,35,37-41,43-44,46-54H2,1-3H3/b10-7-,18-15-,19-16-,20-17-,26-24-,27-25-,31-29-,36-34-,45-42-. The van der Waals surface area contributed by atoms with Gasteiger partial charge in [-0.1, -0.05) is 201 Å². The van der Waals surface area contributed by atoms with Crippen LogP contribution >= 0.6 is 0 Å². The van der Waals surface area contributed by atoms with Gasteiger partial charge in [0.1, 0.15) is 13.2 Å². The second-order valence-electron chi connectivity index (χ2n) is 16.7. The smallest absolute Gasteiger partial charge is 0.306 e. The summed E-state index contributed by atoms with van der Waals surface area (Å²) in [6, 6.07) is 0. The summed E-state index contributed by atoms with van der Waals surface area (Å²) >= 11 is 0. The molecule has 0 rings (SSSR count). The van der Waals surface area contributed by atoms with Crippen molar-refractivity contribution in [3.05, 3.63) is 109 Å². The SMILES string of the molecule is CC/C=C\C/C=C\C/C=C\C/C=C\C/C=C\C/C=C\CCC(=O)OCC(COC(=O)CCCCCC/C=C\CCCC)OC(=O)CCCCCCCCC/C=C\C/C=C\CCCCC. The minimum absolute atomic E-state index is 0.113. The van der Waals surface area contributed by atoms with Crippen LogP contribution in [0.1, 0.15) is 220 Å². The fraction of sp³-hybridized carbons (Fsp3) is 0.638. The third-order valence-corrected chi connectivity index (χ3v) is 10.5. The van der Waals surface area contributed by atoms with Crippen LogP contribution in [0.15, 0.2) is 109 Å². The van der Waals surface area contributed by atoms with E-state index in [1.807, 2.05) is 12.2 Å². The molecule has 0 aromatic heterocycles. The molecule has 0 radical (unpaired) electrons. The molecule has 0 aliphatic carbocycles. The van der Waals surface area contributed by atoms with Crippen molar-refractivity contribution in [2.45, 2.75) is 226 Å². The minimum Gasteiger partial charge on any atom is -0.462 e. The molecule has 0 aliphatic rings. The van der Waals surface area contributed by atoms with E-state index in [1.165, 1.54) is 64.2 Å². The number of esters is 3. The van der Waals surface area contributed by atoms with Crippen molar-refractivity contribution in [2.24, 2.45) is 0 Å². The largest absolute Gasteiger partial charge is 0.462 e. The highest BCUT2D eigenvalue weighted by molar-refractivity contribution is 5.71. The number of hydrogen-bond donors (Lipinski definition) is 0. The van der Waals surface area contributed by atoms with Crippen molar-refractivity contribution in [3.8, 4) is 0 Å². The molecule has 0 amide bonds. The van der Waals surface area contributed by atoms with Gasteiger partial charge in [-0.15, -0.1) is 0 Å². The molecule has 1 unspecified atom stereocenters. The van der Waals surface area contributed by atoms with Crippen LogP contribution in [0.25, 0.3) is 0 Å². The van der Waals surface area contributed by atoms with Crippen LogP contribution in [0.5, 0.6) is 0 Å². The van der Waals surface area contributed by atoms with Crippen LogP contribution in [0.3, 0.4) is 0 Å². The highest BCUT2D eigenvalue weighted by Crippen LogP contribution is 2.13. The summed E-state index contributed by atoms with van der Waals surface area (Å²) in [4.78, 5) is 37.9. The summed E-state index contributed by atoms with van der Waals surface area (Å²) in [7, 11) is 0. The number of rotatable bonds is 45. The molecule has 0 fully saturated rings. The second kappa shape index (κ2) is 51.7. The van der Waals surface area contributed by atoms with E-state index in [-0.39, 0.29) is 37.5 Å². The molecule has 0 bridgehead atoms. The van der Waals surface area contributed by atoms with E-state index in [9.17, 15) is 14.4 Å². The Morgan fingerprint density at radius 2 is 0.656 bits per heavy atom. The molecule has 0 saturated heterocycles.